The minimum Gasteiger partial charge on any atom is -0.487 e. The van der Waals surface area contributed by atoms with E-state index < -0.39 is 29.2 Å². The molecular weight excluding hydrogens is 449 g/mol. The van der Waals surface area contributed by atoms with E-state index >= 15 is 0 Å². The molecule has 34 heavy (non-hydrogen) atoms. The first-order valence-corrected chi connectivity index (χ1v) is 10.6. The van der Waals surface area contributed by atoms with Crippen molar-refractivity contribution in [2.24, 2.45) is 0 Å². The number of Topliss-reactive ketones (excluding diaryl/α,β-unsaturated/α-hetero) is 1. The van der Waals surface area contributed by atoms with E-state index in [1.54, 1.807) is 24.0 Å². The van der Waals surface area contributed by atoms with Gasteiger partial charge >= 0.3 is 11.7 Å². The first-order valence-electron chi connectivity index (χ1n) is 10.6. The molecule has 0 aromatic heterocycles. The predicted molar refractivity (Wildman–Crippen MR) is 120 cm³/mol. The lowest BCUT2D eigenvalue weighted by atomic mass is 10.1. The van der Waals surface area contributed by atoms with Gasteiger partial charge in [0.15, 0.2) is 18.1 Å². The number of rotatable bonds is 8. The van der Waals surface area contributed by atoms with Crippen LogP contribution in [0.5, 0.6) is 5.75 Å². The Morgan fingerprint density at radius 1 is 1.06 bits per heavy atom. The number of nitrogens with zero attached hydrogens (tertiary/aromatic N) is 3. The van der Waals surface area contributed by atoms with Gasteiger partial charge < -0.3 is 19.3 Å². The highest BCUT2D eigenvalue weighted by atomic mass is 19.1. The number of nitro benzene ring substituents is 1. The Hall–Kier alpha value is -4.02. The molecule has 0 aliphatic carbocycles. The first kappa shape index (κ1) is 24.6. The summed E-state index contributed by atoms with van der Waals surface area (Å²) < 4.78 is 24.6. The fourth-order valence-corrected chi connectivity index (χ4v) is 3.55. The van der Waals surface area contributed by atoms with E-state index in [0.29, 0.717) is 31.9 Å². The Kier molecular flexibility index (Phi) is 7.77. The van der Waals surface area contributed by atoms with E-state index in [1.165, 1.54) is 30.0 Å². The molecule has 0 atom stereocenters. The molecule has 1 fully saturated rings. The molecule has 0 bridgehead atoms. The Balaban J connectivity index is 1.55. The Bertz CT molecular complexity index is 1110. The molecule has 180 valence electrons. The monoisotopic (exact) mass is 473 g/mol. The van der Waals surface area contributed by atoms with Gasteiger partial charge in [-0.15, -0.1) is 0 Å². The first-order chi connectivity index (χ1) is 16.2. The van der Waals surface area contributed by atoms with Crippen LogP contribution in [-0.2, 0) is 9.53 Å². The summed E-state index contributed by atoms with van der Waals surface area (Å²) in [6.45, 7) is 4.05. The van der Waals surface area contributed by atoms with Crippen molar-refractivity contribution >= 4 is 29.0 Å². The molecule has 3 rings (SSSR count). The Labute approximate surface area is 195 Å². The second kappa shape index (κ2) is 10.7. The van der Waals surface area contributed by atoms with Crippen LogP contribution in [0.2, 0.25) is 0 Å². The third kappa shape index (κ3) is 5.66. The van der Waals surface area contributed by atoms with Crippen LogP contribution in [0.15, 0.2) is 36.4 Å². The van der Waals surface area contributed by atoms with Gasteiger partial charge in [-0.2, -0.15) is 0 Å². The van der Waals surface area contributed by atoms with Crippen molar-refractivity contribution in [1.82, 2.24) is 4.90 Å². The van der Waals surface area contributed by atoms with Crippen LogP contribution in [-0.4, -0.2) is 66.9 Å². The van der Waals surface area contributed by atoms with E-state index in [1.807, 2.05) is 0 Å². The highest BCUT2D eigenvalue weighted by Gasteiger charge is 2.25. The maximum Gasteiger partial charge on any atom is 0.338 e. The van der Waals surface area contributed by atoms with E-state index in [2.05, 4.69) is 0 Å². The van der Waals surface area contributed by atoms with E-state index in [4.69, 9.17) is 9.47 Å². The molecule has 0 saturated carbocycles. The van der Waals surface area contributed by atoms with Crippen molar-refractivity contribution in [2.45, 2.75) is 13.8 Å². The van der Waals surface area contributed by atoms with Gasteiger partial charge in [-0.1, -0.05) is 0 Å². The van der Waals surface area contributed by atoms with Gasteiger partial charge in [-0.3, -0.25) is 19.7 Å². The van der Waals surface area contributed by atoms with Crippen LogP contribution >= 0.6 is 0 Å². The lowest BCUT2D eigenvalue weighted by molar-refractivity contribution is -0.385. The number of hydrogen-bond donors (Lipinski definition) is 0. The lowest BCUT2D eigenvalue weighted by Crippen LogP contribution is -2.50. The van der Waals surface area contributed by atoms with E-state index in [9.17, 15) is 28.9 Å². The molecule has 11 heteroatoms. The number of ether oxygens (including phenoxy) is 2. The molecule has 0 N–H and O–H groups in total. The average Bonchev–Trinajstić information content (AvgIpc) is 2.82. The Morgan fingerprint density at radius 2 is 1.74 bits per heavy atom. The number of anilines is 1. The number of esters is 1. The molecule has 1 saturated heterocycles. The minimum absolute atomic E-state index is 0.0327. The number of ketones is 1. The second-order valence-corrected chi connectivity index (χ2v) is 7.54. The predicted octanol–water partition coefficient (Wildman–Crippen LogP) is 2.84. The highest BCUT2D eigenvalue weighted by molar-refractivity contribution is 5.94. The maximum atomic E-state index is 14.4. The minimum atomic E-state index is -0.870. The summed E-state index contributed by atoms with van der Waals surface area (Å²) in [5, 5.41) is 11.2. The topological polar surface area (TPSA) is 119 Å². The fourth-order valence-electron chi connectivity index (χ4n) is 3.55. The third-order valence-electron chi connectivity index (χ3n) is 5.35. The SMILES string of the molecule is CCOc1ccc(C(=O)OCC(=O)N2CCN(c3ccc(C(C)=O)cc3F)CC2)cc1[N+](=O)[O-]. The number of piperazine rings is 1. The number of benzene rings is 2. The average molecular weight is 473 g/mol. The highest BCUT2D eigenvalue weighted by Crippen LogP contribution is 2.28. The number of hydrogen-bond acceptors (Lipinski definition) is 8. The van der Waals surface area contributed by atoms with E-state index in [-0.39, 0.29) is 35.0 Å². The third-order valence-corrected chi connectivity index (χ3v) is 5.35. The van der Waals surface area contributed by atoms with Crippen LogP contribution in [0.1, 0.15) is 34.6 Å². The van der Waals surface area contributed by atoms with E-state index in [0.717, 1.165) is 6.07 Å². The van der Waals surface area contributed by atoms with Gasteiger partial charge in [0.25, 0.3) is 5.91 Å². The van der Waals surface area contributed by atoms with Crippen LogP contribution in [0, 0.1) is 15.9 Å². The summed E-state index contributed by atoms with van der Waals surface area (Å²) in [6, 6.07) is 7.98. The van der Waals surface area contributed by atoms with Crippen molar-refractivity contribution in [1.29, 1.82) is 0 Å². The molecule has 1 aliphatic heterocycles. The van der Waals surface area contributed by atoms with Crippen LogP contribution in [0.3, 0.4) is 0 Å². The zero-order valence-corrected chi connectivity index (χ0v) is 18.8. The molecular formula is C23H24FN3O7. The van der Waals surface area contributed by atoms with Crippen molar-refractivity contribution < 1.29 is 33.2 Å². The van der Waals surface area contributed by atoms with Gasteiger partial charge in [0.1, 0.15) is 5.82 Å². The van der Waals surface area contributed by atoms with Gasteiger partial charge in [0.2, 0.25) is 0 Å². The lowest BCUT2D eigenvalue weighted by Gasteiger charge is -2.36. The van der Waals surface area contributed by atoms with Crippen molar-refractivity contribution in [3.63, 3.8) is 0 Å². The van der Waals surface area contributed by atoms with Gasteiger partial charge in [0, 0.05) is 37.8 Å². The van der Waals surface area contributed by atoms with Gasteiger partial charge in [-0.05, 0) is 44.2 Å². The number of carbonyl (C=O) groups excluding carboxylic acids is 3. The largest absolute Gasteiger partial charge is 0.487 e. The number of carbonyl (C=O) groups is 3. The molecule has 0 radical (unpaired) electrons. The molecule has 1 heterocycles. The number of amides is 1. The summed E-state index contributed by atoms with van der Waals surface area (Å²) >= 11 is 0. The second-order valence-electron chi connectivity index (χ2n) is 7.54. The quantitative estimate of drug-likeness (QED) is 0.249. The summed E-state index contributed by atoms with van der Waals surface area (Å²) in [4.78, 5) is 50.0. The molecule has 2 aromatic rings. The zero-order chi connectivity index (χ0) is 24.8. The number of halogens is 1. The standard InChI is InChI=1S/C23H24FN3O7/c1-3-33-21-7-5-17(13-20(21)27(31)32)23(30)34-14-22(29)26-10-8-25(9-11-26)19-6-4-16(15(2)28)12-18(19)24/h4-7,12-13H,3,8-11,14H2,1-2H3. The Morgan fingerprint density at radius 3 is 2.32 bits per heavy atom. The van der Waals surface area contributed by atoms with Crippen LogP contribution < -0.4 is 9.64 Å². The van der Waals surface area contributed by atoms with Crippen LogP contribution in [0.25, 0.3) is 0 Å². The molecule has 0 spiro atoms. The van der Waals surface area contributed by atoms with Gasteiger partial charge in [0.05, 0.1) is 22.8 Å². The zero-order valence-electron chi connectivity index (χ0n) is 18.8. The van der Waals surface area contributed by atoms with Gasteiger partial charge in [-0.25, -0.2) is 9.18 Å². The molecule has 2 aromatic carbocycles. The maximum absolute atomic E-state index is 14.4. The normalized spacial score (nSPS) is 13.4. The van der Waals surface area contributed by atoms with Crippen LogP contribution in [0.4, 0.5) is 15.8 Å². The molecule has 1 amide bonds. The summed E-state index contributed by atoms with van der Waals surface area (Å²) in [7, 11) is 0. The molecule has 10 nitrogen and oxygen atoms in total. The van der Waals surface area contributed by atoms with Crippen molar-refractivity contribution in [2.75, 3.05) is 44.3 Å². The van der Waals surface area contributed by atoms with Crippen molar-refractivity contribution in [3.05, 3.63) is 63.5 Å². The molecule has 1 aliphatic rings. The number of nitro groups is 1. The summed E-state index contributed by atoms with van der Waals surface area (Å²) in [5.41, 5.74) is 0.190. The fraction of sp³-hybridized carbons (Fsp3) is 0.348. The summed E-state index contributed by atoms with van der Waals surface area (Å²) in [5.74, 6) is -2.00. The smallest absolute Gasteiger partial charge is 0.338 e. The molecule has 0 unspecified atom stereocenters. The summed E-state index contributed by atoms with van der Waals surface area (Å²) in [6.07, 6.45) is 0. The van der Waals surface area contributed by atoms with Crippen molar-refractivity contribution in [3.8, 4) is 5.75 Å².